The van der Waals surface area contributed by atoms with Crippen LogP contribution in [0.25, 0.3) is 11.1 Å². The highest BCUT2D eigenvalue weighted by Crippen LogP contribution is 2.26. The number of benzene rings is 1. The molecule has 3 aromatic rings. The van der Waals surface area contributed by atoms with E-state index in [2.05, 4.69) is 42.1 Å². The molecule has 2 aromatic heterocycles. The van der Waals surface area contributed by atoms with Gasteiger partial charge in [0.2, 0.25) is 11.8 Å². The van der Waals surface area contributed by atoms with Gasteiger partial charge >= 0.3 is 0 Å². The third kappa shape index (κ3) is 3.82. The number of nitrogens with zero attached hydrogens (tertiary/aromatic N) is 2. The first-order chi connectivity index (χ1) is 11.3. The minimum absolute atomic E-state index is 0.0627. The van der Waals surface area contributed by atoms with E-state index in [9.17, 15) is 4.79 Å². The molecule has 0 saturated carbocycles. The summed E-state index contributed by atoms with van der Waals surface area (Å²) in [6, 6.07) is 6.04. The minimum atomic E-state index is -0.0852. The maximum Gasteiger partial charge on any atom is 0.226 e. The Balaban J connectivity index is 1.66. The summed E-state index contributed by atoms with van der Waals surface area (Å²) in [7, 11) is 0. The average molecular weight is 343 g/mol. The van der Waals surface area contributed by atoms with Gasteiger partial charge in [-0.05, 0) is 30.0 Å². The number of amides is 1. The van der Waals surface area contributed by atoms with E-state index in [0.717, 1.165) is 21.8 Å². The van der Waals surface area contributed by atoms with Crippen molar-refractivity contribution in [2.75, 3.05) is 0 Å². The summed E-state index contributed by atoms with van der Waals surface area (Å²) in [4.78, 5) is 20.7. The van der Waals surface area contributed by atoms with Crippen molar-refractivity contribution in [1.29, 1.82) is 0 Å². The van der Waals surface area contributed by atoms with Crippen LogP contribution in [0.15, 0.2) is 28.0 Å². The molecule has 24 heavy (non-hydrogen) atoms. The largest absolute Gasteiger partial charge is 0.439 e. The number of hydrogen-bond donors (Lipinski definition) is 1. The Labute approximate surface area is 145 Å². The van der Waals surface area contributed by atoms with E-state index >= 15 is 0 Å². The molecular formula is C18H21N3O2S. The number of thiazole rings is 1. The summed E-state index contributed by atoms with van der Waals surface area (Å²) in [6.45, 7) is 8.69. The summed E-state index contributed by atoms with van der Waals surface area (Å²) in [5.41, 5.74) is 3.62. The maximum atomic E-state index is 12.0. The van der Waals surface area contributed by atoms with Crippen molar-refractivity contribution in [2.45, 2.75) is 46.1 Å². The van der Waals surface area contributed by atoms with Crippen LogP contribution in [0.4, 0.5) is 0 Å². The number of nitrogens with one attached hydrogen (secondary N) is 1. The molecule has 1 amide bonds. The van der Waals surface area contributed by atoms with Crippen LogP contribution >= 0.6 is 11.3 Å². The van der Waals surface area contributed by atoms with Crippen molar-refractivity contribution in [3.05, 3.63) is 45.7 Å². The fraction of sp³-hybridized carbons (Fsp3) is 0.389. The molecule has 0 aliphatic carbocycles. The van der Waals surface area contributed by atoms with Gasteiger partial charge in [-0.2, -0.15) is 0 Å². The highest BCUT2D eigenvalue weighted by Gasteiger charge is 2.16. The van der Waals surface area contributed by atoms with E-state index in [1.807, 2.05) is 24.4 Å². The third-order valence-corrected chi connectivity index (χ3v) is 4.57. The fourth-order valence-corrected chi connectivity index (χ4v) is 3.02. The van der Waals surface area contributed by atoms with Gasteiger partial charge in [-0.1, -0.05) is 26.8 Å². The Kier molecular flexibility index (Phi) is 4.41. The molecule has 0 spiro atoms. The third-order valence-electron chi connectivity index (χ3n) is 3.74. The summed E-state index contributed by atoms with van der Waals surface area (Å²) < 4.78 is 5.70. The Morgan fingerprint density at radius 1 is 1.29 bits per heavy atom. The van der Waals surface area contributed by atoms with E-state index in [4.69, 9.17) is 4.42 Å². The molecule has 1 N–H and O–H groups in total. The van der Waals surface area contributed by atoms with Crippen LogP contribution in [0, 0.1) is 6.92 Å². The van der Waals surface area contributed by atoms with Gasteiger partial charge in [-0.15, -0.1) is 11.3 Å². The molecule has 0 atom stereocenters. The van der Waals surface area contributed by atoms with Gasteiger partial charge in [0.05, 0.1) is 23.7 Å². The van der Waals surface area contributed by atoms with Crippen LogP contribution in [0.1, 0.15) is 42.9 Å². The number of oxazole rings is 1. The second-order valence-electron chi connectivity index (χ2n) is 6.85. The number of aromatic nitrogens is 2. The van der Waals surface area contributed by atoms with Gasteiger partial charge < -0.3 is 9.73 Å². The van der Waals surface area contributed by atoms with Gasteiger partial charge in [-0.3, -0.25) is 4.79 Å². The summed E-state index contributed by atoms with van der Waals surface area (Å²) >= 11 is 1.55. The molecule has 0 aliphatic heterocycles. The molecule has 0 fully saturated rings. The SMILES string of the molecule is Cc1nc(CC(=O)NCc2nc3cc(C(C)(C)C)ccc3o2)cs1. The normalized spacial score (nSPS) is 11.8. The van der Waals surface area contributed by atoms with Gasteiger partial charge in [0.25, 0.3) is 0 Å². The number of fused-ring (bicyclic) bond motifs is 1. The molecule has 0 bridgehead atoms. The Bertz CT molecular complexity index is 874. The molecule has 2 heterocycles. The Hall–Kier alpha value is -2.21. The molecule has 3 rings (SSSR count). The standard InChI is InChI=1S/C18H21N3O2S/c1-11-20-13(10-24-11)8-16(22)19-9-17-21-14-7-12(18(2,3)4)5-6-15(14)23-17/h5-7,10H,8-9H2,1-4H3,(H,19,22). The first-order valence-corrected chi connectivity index (χ1v) is 8.77. The zero-order valence-corrected chi connectivity index (χ0v) is 15.2. The van der Waals surface area contributed by atoms with E-state index in [1.54, 1.807) is 11.3 Å². The smallest absolute Gasteiger partial charge is 0.226 e. The average Bonchev–Trinajstić information content (AvgIpc) is 3.09. The monoisotopic (exact) mass is 343 g/mol. The second-order valence-corrected chi connectivity index (χ2v) is 7.91. The predicted octanol–water partition coefficient (Wildman–Crippen LogP) is 3.75. The minimum Gasteiger partial charge on any atom is -0.439 e. The van der Waals surface area contributed by atoms with E-state index in [0.29, 0.717) is 5.89 Å². The van der Waals surface area contributed by atoms with Crippen molar-refractivity contribution in [1.82, 2.24) is 15.3 Å². The number of aryl methyl sites for hydroxylation is 1. The van der Waals surface area contributed by atoms with E-state index in [1.165, 1.54) is 5.56 Å². The summed E-state index contributed by atoms with van der Waals surface area (Å²) in [6.07, 6.45) is 0.277. The Morgan fingerprint density at radius 3 is 2.75 bits per heavy atom. The lowest BCUT2D eigenvalue weighted by Gasteiger charge is -2.18. The zero-order valence-electron chi connectivity index (χ0n) is 14.3. The molecule has 0 unspecified atom stereocenters. The van der Waals surface area contributed by atoms with Gasteiger partial charge in [0, 0.05) is 5.38 Å². The van der Waals surface area contributed by atoms with E-state index in [-0.39, 0.29) is 24.3 Å². The molecule has 1 aromatic carbocycles. The molecular weight excluding hydrogens is 322 g/mol. The molecule has 6 heteroatoms. The topological polar surface area (TPSA) is 68.0 Å². The van der Waals surface area contributed by atoms with Crippen molar-refractivity contribution in [3.8, 4) is 0 Å². The van der Waals surface area contributed by atoms with Crippen molar-refractivity contribution >= 4 is 28.3 Å². The highest BCUT2D eigenvalue weighted by atomic mass is 32.1. The maximum absolute atomic E-state index is 12.0. The lowest BCUT2D eigenvalue weighted by molar-refractivity contribution is -0.120. The lowest BCUT2D eigenvalue weighted by Crippen LogP contribution is -2.24. The number of rotatable bonds is 4. The van der Waals surface area contributed by atoms with Crippen LogP contribution in [-0.2, 0) is 23.2 Å². The summed E-state index contributed by atoms with van der Waals surface area (Å²) in [5, 5.41) is 5.70. The number of carbonyl (C=O) groups is 1. The lowest BCUT2D eigenvalue weighted by atomic mass is 9.87. The molecule has 0 saturated heterocycles. The predicted molar refractivity (Wildman–Crippen MR) is 95.1 cm³/mol. The van der Waals surface area contributed by atoms with Crippen molar-refractivity contribution < 1.29 is 9.21 Å². The zero-order chi connectivity index (χ0) is 17.3. The van der Waals surface area contributed by atoms with Crippen LogP contribution in [0.3, 0.4) is 0 Å². The summed E-state index contributed by atoms with van der Waals surface area (Å²) in [5.74, 6) is 0.428. The van der Waals surface area contributed by atoms with Crippen molar-refractivity contribution in [2.24, 2.45) is 0 Å². The van der Waals surface area contributed by atoms with Gasteiger partial charge in [0.1, 0.15) is 5.52 Å². The number of carbonyl (C=O) groups excluding carboxylic acids is 1. The molecule has 0 aliphatic rings. The first kappa shape index (κ1) is 16.6. The van der Waals surface area contributed by atoms with E-state index < -0.39 is 0 Å². The van der Waals surface area contributed by atoms with Crippen LogP contribution in [0.2, 0.25) is 0 Å². The molecule has 126 valence electrons. The Morgan fingerprint density at radius 2 is 2.08 bits per heavy atom. The van der Waals surface area contributed by atoms with Gasteiger partial charge in [0.15, 0.2) is 5.58 Å². The van der Waals surface area contributed by atoms with Crippen LogP contribution in [-0.4, -0.2) is 15.9 Å². The first-order valence-electron chi connectivity index (χ1n) is 7.89. The molecule has 5 nitrogen and oxygen atoms in total. The quantitative estimate of drug-likeness (QED) is 0.783. The van der Waals surface area contributed by atoms with Crippen molar-refractivity contribution in [3.63, 3.8) is 0 Å². The molecule has 0 radical (unpaired) electrons. The van der Waals surface area contributed by atoms with Gasteiger partial charge in [-0.25, -0.2) is 9.97 Å². The second kappa shape index (κ2) is 6.36. The highest BCUT2D eigenvalue weighted by molar-refractivity contribution is 7.09. The van der Waals surface area contributed by atoms with Crippen LogP contribution in [0.5, 0.6) is 0 Å². The van der Waals surface area contributed by atoms with Crippen LogP contribution < -0.4 is 5.32 Å². The number of hydrogen-bond acceptors (Lipinski definition) is 5. The fourth-order valence-electron chi connectivity index (χ4n) is 2.41.